The maximum Gasteiger partial charge on any atom is 0.255 e. The van der Waals surface area contributed by atoms with Crippen molar-refractivity contribution in [3.05, 3.63) is 56.6 Å². The molecule has 22 heavy (non-hydrogen) atoms. The third-order valence-electron chi connectivity index (χ3n) is 2.91. The average Bonchev–Trinajstić information content (AvgIpc) is 2.50. The van der Waals surface area contributed by atoms with E-state index in [1.807, 2.05) is 12.1 Å². The third-order valence-corrected chi connectivity index (χ3v) is 3.91. The molecule has 0 saturated carbocycles. The zero-order valence-electron chi connectivity index (χ0n) is 11.8. The molecule has 114 valence electrons. The first-order valence-corrected chi connectivity index (χ1v) is 8.11. The Morgan fingerprint density at radius 1 is 1.14 bits per heavy atom. The molecular weight excluding hydrogens is 415 g/mol. The van der Waals surface area contributed by atoms with Crippen molar-refractivity contribution in [3.63, 3.8) is 0 Å². The summed E-state index contributed by atoms with van der Waals surface area (Å²) in [7, 11) is 0. The lowest BCUT2D eigenvalue weighted by molar-refractivity contribution is -0.115. The summed E-state index contributed by atoms with van der Waals surface area (Å²) in [6.45, 7) is 1.77. The highest BCUT2D eigenvalue weighted by Crippen LogP contribution is 2.26. The second-order valence-corrected chi connectivity index (χ2v) is 6.21. The topological polar surface area (TPSA) is 58.2 Å². The molecule has 0 fully saturated rings. The van der Waals surface area contributed by atoms with Crippen LogP contribution in [0.5, 0.6) is 0 Å². The Hall–Kier alpha value is -1.60. The first kappa shape index (κ1) is 16.8. The molecule has 0 aliphatic heterocycles. The minimum atomic E-state index is -0.251. The van der Waals surface area contributed by atoms with Crippen LogP contribution in [0.15, 0.2) is 42.5 Å². The molecule has 2 amide bonds. The fourth-order valence-electron chi connectivity index (χ4n) is 1.77. The van der Waals surface area contributed by atoms with Crippen molar-refractivity contribution in [3.8, 4) is 0 Å². The molecule has 0 spiro atoms. The lowest BCUT2D eigenvalue weighted by atomic mass is 10.2. The Balaban J connectivity index is 2.19. The van der Waals surface area contributed by atoms with Crippen LogP contribution in [0.3, 0.4) is 0 Å². The monoisotopic (exact) mass is 428 g/mol. The number of carbonyl (C=O) groups is 2. The van der Waals surface area contributed by atoms with Crippen LogP contribution < -0.4 is 10.6 Å². The van der Waals surface area contributed by atoms with E-state index < -0.39 is 0 Å². The van der Waals surface area contributed by atoms with E-state index in [4.69, 9.17) is 11.6 Å². The van der Waals surface area contributed by atoms with Crippen LogP contribution >= 0.6 is 34.2 Å². The van der Waals surface area contributed by atoms with Gasteiger partial charge in [0, 0.05) is 21.2 Å². The van der Waals surface area contributed by atoms with Gasteiger partial charge < -0.3 is 10.6 Å². The summed E-state index contributed by atoms with van der Waals surface area (Å²) in [5, 5.41) is 5.90. The highest BCUT2D eigenvalue weighted by Gasteiger charge is 2.10. The quantitative estimate of drug-likeness (QED) is 0.702. The minimum Gasteiger partial charge on any atom is -0.326 e. The molecule has 4 nitrogen and oxygen atoms in total. The van der Waals surface area contributed by atoms with E-state index in [2.05, 4.69) is 33.2 Å². The van der Waals surface area contributed by atoms with Gasteiger partial charge in [0.15, 0.2) is 0 Å². The van der Waals surface area contributed by atoms with E-state index in [1.54, 1.807) is 37.3 Å². The van der Waals surface area contributed by atoms with E-state index in [-0.39, 0.29) is 11.8 Å². The molecule has 0 radical (unpaired) electrons. The Morgan fingerprint density at radius 2 is 1.91 bits per heavy atom. The SMILES string of the molecule is CCC(=O)Nc1ccc(Cl)c(NC(=O)c2cccc(I)c2)c1. The van der Waals surface area contributed by atoms with Gasteiger partial charge in [0.1, 0.15) is 0 Å². The van der Waals surface area contributed by atoms with E-state index in [1.165, 1.54) is 0 Å². The number of benzene rings is 2. The number of amides is 2. The molecule has 2 aromatic rings. The summed E-state index contributed by atoms with van der Waals surface area (Å²) in [6.07, 6.45) is 0.382. The van der Waals surface area contributed by atoms with Crippen molar-refractivity contribution in [2.75, 3.05) is 10.6 Å². The van der Waals surface area contributed by atoms with E-state index in [0.717, 1.165) is 3.57 Å². The van der Waals surface area contributed by atoms with Crippen LogP contribution in [0.2, 0.25) is 5.02 Å². The van der Waals surface area contributed by atoms with Crippen LogP contribution in [-0.2, 0) is 4.79 Å². The summed E-state index contributed by atoms with van der Waals surface area (Å²) in [6, 6.07) is 12.2. The van der Waals surface area contributed by atoms with E-state index in [9.17, 15) is 9.59 Å². The highest BCUT2D eigenvalue weighted by molar-refractivity contribution is 14.1. The van der Waals surface area contributed by atoms with Crippen LogP contribution in [0.1, 0.15) is 23.7 Å². The molecule has 0 aromatic heterocycles. The van der Waals surface area contributed by atoms with Gasteiger partial charge in [-0.3, -0.25) is 9.59 Å². The van der Waals surface area contributed by atoms with Gasteiger partial charge in [-0.25, -0.2) is 0 Å². The molecule has 6 heteroatoms. The fourth-order valence-corrected chi connectivity index (χ4v) is 2.48. The predicted octanol–water partition coefficient (Wildman–Crippen LogP) is 4.55. The second kappa shape index (κ2) is 7.60. The molecule has 0 heterocycles. The van der Waals surface area contributed by atoms with Gasteiger partial charge in [-0.15, -0.1) is 0 Å². The molecule has 2 rings (SSSR count). The van der Waals surface area contributed by atoms with Gasteiger partial charge in [0.2, 0.25) is 5.91 Å². The van der Waals surface area contributed by atoms with Crippen molar-refractivity contribution in [1.82, 2.24) is 0 Å². The predicted molar refractivity (Wildman–Crippen MR) is 97.5 cm³/mol. The molecule has 0 unspecified atom stereocenters. The number of carbonyl (C=O) groups excluding carboxylic acids is 2. The van der Waals surface area contributed by atoms with Crippen LogP contribution in [0.25, 0.3) is 0 Å². The molecule has 2 aromatic carbocycles. The summed E-state index contributed by atoms with van der Waals surface area (Å²) in [5.74, 6) is -0.350. The molecule has 2 N–H and O–H groups in total. The first-order valence-electron chi connectivity index (χ1n) is 6.66. The Morgan fingerprint density at radius 3 is 2.59 bits per heavy atom. The minimum absolute atomic E-state index is 0.0998. The van der Waals surface area contributed by atoms with Gasteiger partial charge in [0.25, 0.3) is 5.91 Å². The Kier molecular flexibility index (Phi) is 5.79. The van der Waals surface area contributed by atoms with Crippen molar-refractivity contribution < 1.29 is 9.59 Å². The lowest BCUT2D eigenvalue weighted by Gasteiger charge is -2.10. The number of nitrogens with one attached hydrogen (secondary N) is 2. The average molecular weight is 429 g/mol. The molecule has 0 bridgehead atoms. The molecule has 0 aliphatic rings. The molecular formula is C16H14ClIN2O2. The summed E-state index contributed by atoms with van der Waals surface area (Å²) in [4.78, 5) is 23.7. The smallest absolute Gasteiger partial charge is 0.255 e. The Bertz CT molecular complexity index is 719. The summed E-state index contributed by atoms with van der Waals surface area (Å²) in [5.41, 5.74) is 1.60. The van der Waals surface area contributed by atoms with Gasteiger partial charge in [0.05, 0.1) is 10.7 Å². The molecule has 0 saturated heterocycles. The normalized spacial score (nSPS) is 10.1. The van der Waals surface area contributed by atoms with E-state index in [0.29, 0.717) is 28.4 Å². The number of anilines is 2. The van der Waals surface area contributed by atoms with E-state index >= 15 is 0 Å². The lowest BCUT2D eigenvalue weighted by Crippen LogP contribution is -2.13. The standard InChI is InChI=1S/C16H14ClIN2O2/c1-2-15(21)19-12-6-7-13(17)14(9-12)20-16(22)10-4-3-5-11(18)8-10/h3-9H,2H2,1H3,(H,19,21)(H,20,22). The van der Waals surface area contributed by atoms with Crippen LogP contribution in [-0.4, -0.2) is 11.8 Å². The molecule has 0 atom stereocenters. The van der Waals surface area contributed by atoms with Crippen LogP contribution in [0.4, 0.5) is 11.4 Å². The zero-order chi connectivity index (χ0) is 16.1. The molecule has 0 aliphatic carbocycles. The summed E-state index contributed by atoms with van der Waals surface area (Å²) >= 11 is 8.25. The second-order valence-electron chi connectivity index (χ2n) is 4.56. The number of rotatable bonds is 4. The fraction of sp³-hybridized carbons (Fsp3) is 0.125. The Labute approximate surface area is 147 Å². The van der Waals surface area contributed by atoms with Crippen molar-refractivity contribution in [2.45, 2.75) is 13.3 Å². The van der Waals surface area contributed by atoms with Gasteiger partial charge in [-0.05, 0) is 59.0 Å². The maximum atomic E-state index is 12.2. The largest absolute Gasteiger partial charge is 0.326 e. The zero-order valence-corrected chi connectivity index (χ0v) is 14.7. The van der Waals surface area contributed by atoms with Crippen molar-refractivity contribution in [1.29, 1.82) is 0 Å². The van der Waals surface area contributed by atoms with Gasteiger partial charge >= 0.3 is 0 Å². The van der Waals surface area contributed by atoms with Crippen molar-refractivity contribution in [2.24, 2.45) is 0 Å². The van der Waals surface area contributed by atoms with Gasteiger partial charge in [-0.1, -0.05) is 24.6 Å². The van der Waals surface area contributed by atoms with Crippen molar-refractivity contribution >= 4 is 57.4 Å². The third kappa shape index (κ3) is 4.45. The summed E-state index contributed by atoms with van der Waals surface area (Å²) < 4.78 is 0.973. The maximum absolute atomic E-state index is 12.2. The number of hydrogen-bond donors (Lipinski definition) is 2. The first-order chi connectivity index (χ1) is 10.5. The van der Waals surface area contributed by atoms with Gasteiger partial charge in [-0.2, -0.15) is 0 Å². The highest BCUT2D eigenvalue weighted by atomic mass is 127. The number of halogens is 2. The number of hydrogen-bond acceptors (Lipinski definition) is 2. The van der Waals surface area contributed by atoms with Crippen LogP contribution in [0, 0.1) is 3.57 Å².